The van der Waals surface area contributed by atoms with Gasteiger partial charge in [0.2, 0.25) is 0 Å². The van der Waals surface area contributed by atoms with E-state index in [2.05, 4.69) is 22.0 Å². The molecule has 0 unspecified atom stereocenters. The van der Waals surface area contributed by atoms with Crippen LogP contribution < -0.4 is 9.47 Å². The van der Waals surface area contributed by atoms with Crippen LogP contribution in [0.25, 0.3) is 6.08 Å². The molecule has 0 amide bonds. The van der Waals surface area contributed by atoms with E-state index in [1.54, 1.807) is 26.0 Å². The van der Waals surface area contributed by atoms with Crippen LogP contribution >= 0.6 is 27.3 Å². The number of ketones is 1. The Kier molecular flexibility index (Phi) is 9.62. The van der Waals surface area contributed by atoms with E-state index in [-0.39, 0.29) is 29.0 Å². The highest BCUT2D eigenvalue weighted by Gasteiger charge is 2.23. The van der Waals surface area contributed by atoms with Crippen molar-refractivity contribution in [3.8, 4) is 23.6 Å². The highest BCUT2D eigenvalue weighted by Crippen LogP contribution is 2.35. The van der Waals surface area contributed by atoms with Crippen LogP contribution in [0.2, 0.25) is 0 Å². The van der Waals surface area contributed by atoms with Crippen LogP contribution in [0.5, 0.6) is 11.5 Å². The van der Waals surface area contributed by atoms with Gasteiger partial charge in [0.15, 0.2) is 17.3 Å². The van der Waals surface area contributed by atoms with Gasteiger partial charge in [0.25, 0.3) is 0 Å². The lowest BCUT2D eigenvalue weighted by atomic mass is 10.0. The Hall–Kier alpha value is -3.92. The molecule has 3 rings (SSSR count). The summed E-state index contributed by atoms with van der Waals surface area (Å²) < 4.78 is 17.0. The molecule has 1 heterocycles. The van der Waals surface area contributed by atoms with Crippen molar-refractivity contribution in [3.05, 3.63) is 84.5 Å². The molecule has 0 aliphatic heterocycles. The SMILES string of the molecule is CCOC(=O)c1sc(CC(=O)/C(C#N)=C/c2cc(OC)c(OCc3ccccc3)cc2Br)c(C#N)c1C. The number of hydrogen-bond donors (Lipinski definition) is 0. The summed E-state index contributed by atoms with van der Waals surface area (Å²) in [6.07, 6.45) is 1.26. The third-order valence-corrected chi connectivity index (χ3v) is 7.31. The number of rotatable bonds is 10. The predicted octanol–water partition coefficient (Wildman–Crippen LogP) is 6.17. The molecule has 0 saturated carbocycles. The fourth-order valence-electron chi connectivity index (χ4n) is 3.48. The maximum Gasteiger partial charge on any atom is 0.348 e. The second-order valence-corrected chi connectivity index (χ2v) is 9.71. The minimum absolute atomic E-state index is 0.103. The van der Waals surface area contributed by atoms with Crippen LogP contribution in [-0.2, 0) is 22.6 Å². The van der Waals surface area contributed by atoms with Gasteiger partial charge in [-0.15, -0.1) is 11.3 Å². The van der Waals surface area contributed by atoms with Crippen molar-refractivity contribution >= 4 is 45.1 Å². The van der Waals surface area contributed by atoms with E-state index in [0.29, 0.717) is 38.6 Å². The van der Waals surface area contributed by atoms with Crippen LogP contribution in [0.1, 0.15) is 43.7 Å². The van der Waals surface area contributed by atoms with Gasteiger partial charge in [0.1, 0.15) is 23.6 Å². The minimum atomic E-state index is -0.540. The van der Waals surface area contributed by atoms with E-state index >= 15 is 0 Å². The molecule has 0 radical (unpaired) electrons. The first-order chi connectivity index (χ1) is 17.8. The molecule has 2 aromatic carbocycles. The number of carbonyl (C=O) groups excluding carboxylic acids is 2. The summed E-state index contributed by atoms with van der Waals surface area (Å²) in [6.45, 7) is 3.87. The van der Waals surface area contributed by atoms with Gasteiger partial charge < -0.3 is 14.2 Å². The monoisotopic (exact) mass is 578 g/mol. The van der Waals surface area contributed by atoms with Gasteiger partial charge in [-0.25, -0.2) is 4.79 Å². The Bertz CT molecular complexity index is 1430. The smallest absolute Gasteiger partial charge is 0.348 e. The Morgan fingerprint density at radius 2 is 1.86 bits per heavy atom. The number of nitriles is 2. The summed E-state index contributed by atoms with van der Waals surface area (Å²) in [6, 6.07) is 17.1. The summed E-state index contributed by atoms with van der Waals surface area (Å²) in [7, 11) is 1.51. The molecule has 9 heteroatoms. The number of ether oxygens (including phenoxy) is 3. The van der Waals surface area contributed by atoms with Crippen molar-refractivity contribution in [3.63, 3.8) is 0 Å². The molecule has 0 spiro atoms. The van der Waals surface area contributed by atoms with E-state index in [0.717, 1.165) is 16.9 Å². The van der Waals surface area contributed by atoms with Crippen molar-refractivity contribution in [1.29, 1.82) is 10.5 Å². The Morgan fingerprint density at radius 1 is 1.14 bits per heavy atom. The second-order valence-electron chi connectivity index (χ2n) is 7.76. The van der Waals surface area contributed by atoms with Crippen molar-refractivity contribution in [2.24, 2.45) is 0 Å². The van der Waals surface area contributed by atoms with E-state index < -0.39 is 11.8 Å². The van der Waals surface area contributed by atoms with Gasteiger partial charge >= 0.3 is 5.97 Å². The Labute approximate surface area is 227 Å². The molecule has 0 aliphatic rings. The number of thiophene rings is 1. The van der Waals surface area contributed by atoms with Crippen molar-refractivity contribution in [1.82, 2.24) is 0 Å². The molecular formula is C28H23BrN2O5S. The molecule has 188 valence electrons. The number of Topliss-reactive ketones (excluding diaryl/α,β-unsaturated/α-hetero) is 1. The van der Waals surface area contributed by atoms with Gasteiger partial charge in [-0.3, -0.25) is 4.79 Å². The molecular weight excluding hydrogens is 556 g/mol. The van der Waals surface area contributed by atoms with Crippen LogP contribution in [0.3, 0.4) is 0 Å². The van der Waals surface area contributed by atoms with Gasteiger partial charge in [0, 0.05) is 15.8 Å². The quantitative estimate of drug-likeness (QED) is 0.160. The van der Waals surface area contributed by atoms with E-state index in [1.807, 2.05) is 36.4 Å². The number of hydrogen-bond acceptors (Lipinski definition) is 8. The average Bonchev–Trinajstić information content (AvgIpc) is 3.21. The number of methoxy groups -OCH3 is 1. The zero-order valence-corrected chi connectivity index (χ0v) is 22.9. The average molecular weight is 579 g/mol. The largest absolute Gasteiger partial charge is 0.493 e. The molecule has 7 nitrogen and oxygen atoms in total. The van der Waals surface area contributed by atoms with E-state index in [9.17, 15) is 20.1 Å². The van der Waals surface area contributed by atoms with Crippen LogP contribution in [0, 0.1) is 29.6 Å². The maximum atomic E-state index is 13.0. The first kappa shape index (κ1) is 27.7. The van der Waals surface area contributed by atoms with Crippen LogP contribution in [0.15, 0.2) is 52.5 Å². The van der Waals surface area contributed by atoms with E-state index in [4.69, 9.17) is 14.2 Å². The summed E-state index contributed by atoms with van der Waals surface area (Å²) in [5.74, 6) is -0.0814. The number of nitrogens with zero attached hydrogens (tertiary/aromatic N) is 2. The first-order valence-electron chi connectivity index (χ1n) is 11.2. The summed E-state index contributed by atoms with van der Waals surface area (Å²) in [5.41, 5.74) is 2.15. The fourth-order valence-corrected chi connectivity index (χ4v) is 5.06. The molecule has 37 heavy (non-hydrogen) atoms. The highest BCUT2D eigenvalue weighted by atomic mass is 79.9. The Balaban J connectivity index is 1.86. The van der Waals surface area contributed by atoms with Gasteiger partial charge in [-0.1, -0.05) is 46.3 Å². The molecule has 0 atom stereocenters. The fraction of sp³-hybridized carbons (Fsp3) is 0.214. The normalized spacial score (nSPS) is 10.8. The van der Waals surface area contributed by atoms with Gasteiger partial charge in [-0.2, -0.15) is 10.5 Å². The van der Waals surface area contributed by atoms with Crippen LogP contribution in [0.4, 0.5) is 0 Å². The van der Waals surface area contributed by atoms with Crippen LogP contribution in [-0.4, -0.2) is 25.5 Å². The second kappa shape index (κ2) is 12.9. The van der Waals surface area contributed by atoms with Gasteiger partial charge in [0.05, 0.1) is 24.9 Å². The zero-order valence-electron chi connectivity index (χ0n) is 20.5. The number of carbonyl (C=O) groups is 2. The molecule has 0 fully saturated rings. The first-order valence-corrected chi connectivity index (χ1v) is 12.8. The lowest BCUT2D eigenvalue weighted by Gasteiger charge is -2.13. The van der Waals surface area contributed by atoms with Gasteiger partial charge in [-0.05, 0) is 48.7 Å². The third kappa shape index (κ3) is 6.65. The van der Waals surface area contributed by atoms with Crippen molar-refractivity contribution in [2.75, 3.05) is 13.7 Å². The number of halogens is 1. The summed E-state index contributed by atoms with van der Waals surface area (Å²) in [4.78, 5) is 26.0. The predicted molar refractivity (Wildman–Crippen MR) is 143 cm³/mol. The zero-order chi connectivity index (χ0) is 26.9. The molecule has 0 saturated heterocycles. The molecule has 0 bridgehead atoms. The number of allylic oxidation sites excluding steroid dienone is 1. The molecule has 3 aromatic rings. The molecule has 1 aromatic heterocycles. The highest BCUT2D eigenvalue weighted by molar-refractivity contribution is 9.10. The minimum Gasteiger partial charge on any atom is -0.493 e. The molecule has 0 aliphatic carbocycles. The van der Waals surface area contributed by atoms with E-state index in [1.165, 1.54) is 13.2 Å². The standard InChI is InChI=1S/C28H23BrN2O5S/c1-4-35-28(33)27-17(2)21(15-31)26(37-27)13-23(32)20(14-30)10-19-11-24(34-3)25(12-22(19)29)36-16-18-8-6-5-7-9-18/h5-12H,4,13,16H2,1-3H3/b20-10+. The Morgan fingerprint density at radius 3 is 2.49 bits per heavy atom. The number of esters is 1. The van der Waals surface area contributed by atoms with Crippen molar-refractivity contribution in [2.45, 2.75) is 26.9 Å². The third-order valence-electron chi connectivity index (χ3n) is 5.35. The lowest BCUT2D eigenvalue weighted by Crippen LogP contribution is -2.05. The molecule has 0 N–H and O–H groups in total. The number of benzene rings is 2. The maximum absolute atomic E-state index is 13.0. The van der Waals surface area contributed by atoms with Crippen molar-refractivity contribution < 1.29 is 23.8 Å². The lowest BCUT2D eigenvalue weighted by molar-refractivity contribution is -0.114. The summed E-state index contributed by atoms with van der Waals surface area (Å²) >= 11 is 4.52. The summed E-state index contributed by atoms with van der Waals surface area (Å²) in [5, 5.41) is 19.3. The topological polar surface area (TPSA) is 109 Å².